The molecule has 18 heavy (non-hydrogen) atoms. The molecule has 0 saturated carbocycles. The molecule has 2 heterocycles. The van der Waals surface area contributed by atoms with Gasteiger partial charge in [-0.1, -0.05) is 30.3 Å². The third kappa shape index (κ3) is 2.04. The van der Waals surface area contributed by atoms with Crippen LogP contribution in [0.1, 0.15) is 49.1 Å². The van der Waals surface area contributed by atoms with Gasteiger partial charge in [0.2, 0.25) is 0 Å². The van der Waals surface area contributed by atoms with Crippen LogP contribution in [-0.4, -0.2) is 14.8 Å². The van der Waals surface area contributed by atoms with Crippen molar-refractivity contribution >= 4 is 0 Å². The lowest BCUT2D eigenvalue weighted by Crippen LogP contribution is -2.25. The zero-order valence-electron chi connectivity index (χ0n) is 10.6. The zero-order valence-corrected chi connectivity index (χ0v) is 10.6. The van der Waals surface area contributed by atoms with Gasteiger partial charge in [-0.05, 0) is 25.3 Å². The first-order chi connectivity index (χ1) is 8.74. The summed E-state index contributed by atoms with van der Waals surface area (Å²) in [6, 6.07) is 10.8. The average Bonchev–Trinajstić information content (AvgIpc) is 2.80. The van der Waals surface area contributed by atoms with Crippen LogP contribution in [0.25, 0.3) is 0 Å². The molecular weight excluding hydrogens is 224 g/mol. The monoisotopic (exact) mass is 242 g/mol. The second-order valence-electron chi connectivity index (χ2n) is 5.03. The van der Waals surface area contributed by atoms with Crippen LogP contribution in [0.4, 0.5) is 0 Å². The highest BCUT2D eigenvalue weighted by Gasteiger charge is 2.25. The maximum absolute atomic E-state index is 6.09. The van der Waals surface area contributed by atoms with Crippen molar-refractivity contribution < 1.29 is 0 Å². The minimum Gasteiger partial charge on any atom is -0.321 e. The average molecular weight is 242 g/mol. The van der Waals surface area contributed by atoms with Crippen LogP contribution in [0.2, 0.25) is 0 Å². The van der Waals surface area contributed by atoms with Gasteiger partial charge in [-0.25, -0.2) is 9.67 Å². The van der Waals surface area contributed by atoms with Crippen molar-refractivity contribution in [3.8, 4) is 0 Å². The Morgan fingerprint density at radius 3 is 2.78 bits per heavy atom. The van der Waals surface area contributed by atoms with E-state index in [1.165, 1.54) is 5.56 Å². The summed E-state index contributed by atoms with van der Waals surface area (Å²) in [6.45, 7) is 2.18. The topological polar surface area (TPSA) is 56.7 Å². The van der Waals surface area contributed by atoms with Crippen molar-refractivity contribution in [2.24, 2.45) is 5.73 Å². The van der Waals surface area contributed by atoms with Crippen LogP contribution in [0.15, 0.2) is 30.3 Å². The summed E-state index contributed by atoms with van der Waals surface area (Å²) in [5.74, 6) is 1.82. The highest BCUT2D eigenvalue weighted by molar-refractivity contribution is 5.19. The second-order valence-corrected chi connectivity index (χ2v) is 5.03. The Labute approximate surface area is 107 Å². The van der Waals surface area contributed by atoms with Crippen molar-refractivity contribution in [2.45, 2.75) is 38.3 Å². The number of nitrogens with two attached hydrogens (primary N) is 1. The van der Waals surface area contributed by atoms with Crippen molar-refractivity contribution in [3.05, 3.63) is 47.5 Å². The third-order valence-corrected chi connectivity index (χ3v) is 3.55. The van der Waals surface area contributed by atoms with Crippen LogP contribution >= 0.6 is 0 Å². The van der Waals surface area contributed by atoms with Gasteiger partial charge < -0.3 is 5.73 Å². The van der Waals surface area contributed by atoms with Crippen LogP contribution in [-0.2, 0) is 6.42 Å². The summed E-state index contributed by atoms with van der Waals surface area (Å²) in [4.78, 5) is 4.60. The Bertz CT molecular complexity index is 504. The molecule has 2 N–H and O–H groups in total. The van der Waals surface area contributed by atoms with Gasteiger partial charge in [-0.3, -0.25) is 0 Å². The Balaban J connectivity index is 1.89. The fourth-order valence-corrected chi connectivity index (χ4v) is 2.48. The zero-order chi connectivity index (χ0) is 12.5. The van der Waals surface area contributed by atoms with Crippen LogP contribution in [0.5, 0.6) is 0 Å². The van der Waals surface area contributed by atoms with Gasteiger partial charge in [0.25, 0.3) is 0 Å². The molecular formula is C14H18N4. The minimum atomic E-state index is 0.0400. The number of hydrogen-bond donors (Lipinski definition) is 1. The molecule has 4 nitrogen and oxygen atoms in total. The van der Waals surface area contributed by atoms with E-state index in [0.29, 0.717) is 6.04 Å². The van der Waals surface area contributed by atoms with E-state index in [0.717, 1.165) is 30.9 Å². The van der Waals surface area contributed by atoms with E-state index in [1.807, 2.05) is 22.9 Å². The molecule has 1 aromatic heterocycles. The minimum absolute atomic E-state index is 0.0400. The van der Waals surface area contributed by atoms with Crippen molar-refractivity contribution in [3.63, 3.8) is 0 Å². The van der Waals surface area contributed by atoms with E-state index in [9.17, 15) is 0 Å². The predicted octanol–water partition coefficient (Wildman–Crippen LogP) is 2.22. The maximum atomic E-state index is 6.09. The molecule has 4 heteroatoms. The first kappa shape index (κ1) is 11.4. The Morgan fingerprint density at radius 1 is 1.28 bits per heavy atom. The fraction of sp³-hybridized carbons (Fsp3) is 0.429. The lowest BCUT2D eigenvalue weighted by atomic mass is 10.0. The molecule has 0 saturated heterocycles. The predicted molar refractivity (Wildman–Crippen MR) is 70.1 cm³/mol. The van der Waals surface area contributed by atoms with Crippen LogP contribution < -0.4 is 5.73 Å². The molecule has 0 fully saturated rings. The summed E-state index contributed by atoms with van der Waals surface area (Å²) in [6.07, 6.45) is 2.87. The second kappa shape index (κ2) is 4.53. The van der Waals surface area contributed by atoms with Crippen molar-refractivity contribution in [2.75, 3.05) is 0 Å². The summed E-state index contributed by atoms with van der Waals surface area (Å²) in [5, 5.41) is 4.60. The van der Waals surface area contributed by atoms with Crippen molar-refractivity contribution in [1.29, 1.82) is 0 Å². The number of fused-ring (bicyclic) bond motifs is 1. The molecule has 2 unspecified atom stereocenters. The molecule has 0 amide bonds. The smallest absolute Gasteiger partial charge is 0.155 e. The molecule has 94 valence electrons. The van der Waals surface area contributed by atoms with Gasteiger partial charge in [0.15, 0.2) is 5.82 Å². The molecule has 0 bridgehead atoms. The molecule has 2 atom stereocenters. The normalized spacial score (nSPS) is 22.8. The van der Waals surface area contributed by atoms with Crippen LogP contribution in [0.3, 0.4) is 0 Å². The van der Waals surface area contributed by atoms with E-state index < -0.39 is 0 Å². The highest BCUT2D eigenvalue weighted by atomic mass is 15.4. The lowest BCUT2D eigenvalue weighted by Gasteiger charge is -2.23. The number of hydrogen-bond acceptors (Lipinski definition) is 3. The van der Waals surface area contributed by atoms with E-state index >= 15 is 0 Å². The SMILES string of the molecule is CC1CCC(N)c2nc(Cc3ccccc3)nn21. The van der Waals surface area contributed by atoms with Gasteiger partial charge >= 0.3 is 0 Å². The van der Waals surface area contributed by atoms with E-state index in [1.54, 1.807) is 0 Å². The third-order valence-electron chi connectivity index (χ3n) is 3.55. The molecule has 3 rings (SSSR count). The molecule has 2 aromatic rings. The summed E-state index contributed by atoms with van der Waals surface area (Å²) in [5.41, 5.74) is 7.33. The first-order valence-electron chi connectivity index (χ1n) is 6.49. The summed E-state index contributed by atoms with van der Waals surface area (Å²) >= 11 is 0. The highest BCUT2D eigenvalue weighted by Crippen LogP contribution is 2.28. The van der Waals surface area contributed by atoms with E-state index in [-0.39, 0.29) is 6.04 Å². The number of rotatable bonds is 2. The number of aromatic nitrogens is 3. The van der Waals surface area contributed by atoms with Gasteiger partial charge in [0, 0.05) is 6.42 Å². The first-order valence-corrected chi connectivity index (χ1v) is 6.49. The molecule has 1 aliphatic heterocycles. The Hall–Kier alpha value is -1.68. The Kier molecular flexibility index (Phi) is 2.88. The maximum Gasteiger partial charge on any atom is 0.155 e. The van der Waals surface area contributed by atoms with E-state index in [2.05, 4.69) is 29.1 Å². The van der Waals surface area contributed by atoms with Crippen molar-refractivity contribution in [1.82, 2.24) is 14.8 Å². The standard InChI is InChI=1S/C14H18N4/c1-10-7-8-12(15)14-16-13(17-18(10)14)9-11-5-3-2-4-6-11/h2-6,10,12H,7-9,15H2,1H3. The quantitative estimate of drug-likeness (QED) is 0.878. The number of nitrogens with zero attached hydrogens (tertiary/aromatic N) is 3. The van der Waals surface area contributed by atoms with Gasteiger partial charge in [-0.15, -0.1) is 0 Å². The summed E-state index contributed by atoms with van der Waals surface area (Å²) in [7, 11) is 0. The van der Waals surface area contributed by atoms with Gasteiger partial charge in [0.1, 0.15) is 5.82 Å². The number of benzene rings is 1. The van der Waals surface area contributed by atoms with E-state index in [4.69, 9.17) is 5.73 Å². The van der Waals surface area contributed by atoms with Gasteiger partial charge in [-0.2, -0.15) is 5.10 Å². The molecule has 0 radical (unpaired) electrons. The lowest BCUT2D eigenvalue weighted by molar-refractivity contribution is 0.349. The van der Waals surface area contributed by atoms with Crippen LogP contribution in [0, 0.1) is 0 Å². The Morgan fingerprint density at radius 2 is 2.06 bits per heavy atom. The fourth-order valence-electron chi connectivity index (χ4n) is 2.48. The largest absolute Gasteiger partial charge is 0.321 e. The molecule has 1 aromatic carbocycles. The summed E-state index contributed by atoms with van der Waals surface area (Å²) < 4.78 is 2.01. The van der Waals surface area contributed by atoms with Gasteiger partial charge in [0.05, 0.1) is 12.1 Å². The molecule has 0 aliphatic carbocycles. The molecule has 1 aliphatic rings. The molecule has 0 spiro atoms.